The molecule has 5 rings (SSSR count). The maximum absolute atomic E-state index is 14.2. The number of aliphatic imine (C=N–C) groups is 1. The quantitative estimate of drug-likeness (QED) is 0.694. The molecule has 170 valence electrons. The average Bonchev–Trinajstić information content (AvgIpc) is 3.25. The summed E-state index contributed by atoms with van der Waals surface area (Å²) in [6, 6.07) is 13.9. The maximum atomic E-state index is 14.2. The number of methoxy groups -OCH3 is 1. The number of carbonyl (C=O) groups excluding carboxylic acids is 1. The third-order valence-electron chi connectivity index (χ3n) is 7.90. The van der Waals surface area contributed by atoms with Crippen LogP contribution in [-0.2, 0) is 21.5 Å². The van der Waals surface area contributed by atoms with Crippen molar-refractivity contribution in [2.45, 2.75) is 63.6 Å². The molecule has 3 aliphatic rings. The first-order valence-corrected chi connectivity index (χ1v) is 11.7. The third kappa shape index (κ3) is 3.02. The Labute approximate surface area is 195 Å². The Hall–Kier alpha value is -3.17. The molecule has 2 N–H and O–H groups in total. The first kappa shape index (κ1) is 21.7. The van der Waals surface area contributed by atoms with Crippen molar-refractivity contribution in [2.24, 2.45) is 16.1 Å². The lowest BCUT2D eigenvalue weighted by atomic mass is 9.61. The molecule has 1 atom stereocenters. The van der Waals surface area contributed by atoms with Gasteiger partial charge < -0.3 is 10.5 Å². The van der Waals surface area contributed by atoms with Crippen LogP contribution in [0.25, 0.3) is 16.0 Å². The molecule has 0 radical (unpaired) electrons. The average molecular weight is 443 g/mol. The van der Waals surface area contributed by atoms with Gasteiger partial charge in [0.25, 0.3) is 5.91 Å². The van der Waals surface area contributed by atoms with Crippen LogP contribution in [0.4, 0.5) is 5.69 Å². The number of benzene rings is 2. The van der Waals surface area contributed by atoms with E-state index in [2.05, 4.69) is 23.0 Å². The molecule has 1 aliphatic heterocycles. The molecule has 2 spiro atoms. The first-order chi connectivity index (χ1) is 15.8. The fourth-order valence-corrected chi connectivity index (χ4v) is 6.27. The van der Waals surface area contributed by atoms with Crippen molar-refractivity contribution >= 4 is 17.6 Å². The van der Waals surface area contributed by atoms with Crippen LogP contribution >= 0.6 is 0 Å². The second-order valence-electron chi connectivity index (χ2n) is 9.88. The van der Waals surface area contributed by atoms with Crippen molar-refractivity contribution in [3.63, 3.8) is 0 Å². The zero-order valence-corrected chi connectivity index (χ0v) is 19.5. The number of carbonyl (C=O) groups is 1. The molecule has 0 aromatic heterocycles. The van der Waals surface area contributed by atoms with E-state index in [1.807, 2.05) is 32.0 Å². The van der Waals surface area contributed by atoms with Gasteiger partial charge in [0, 0.05) is 18.6 Å². The number of amides is 1. The van der Waals surface area contributed by atoms with Gasteiger partial charge in [0.1, 0.15) is 0 Å². The molecule has 33 heavy (non-hydrogen) atoms. The highest BCUT2D eigenvalue weighted by Crippen LogP contribution is 2.62. The fraction of sp³-hybridized carbons (Fsp3) is 0.444. The highest BCUT2D eigenvalue weighted by atomic mass is 16.5. The molecule has 1 saturated carbocycles. The Morgan fingerprint density at radius 3 is 2.55 bits per heavy atom. The van der Waals surface area contributed by atoms with E-state index in [0.717, 1.165) is 48.8 Å². The maximum Gasteiger partial charge on any atom is 0.262 e. The topological polar surface area (TPSA) is 72.3 Å². The largest absolute Gasteiger partial charge is 0.381 e. The summed E-state index contributed by atoms with van der Waals surface area (Å²) in [6.07, 6.45) is 4.61. The monoisotopic (exact) mass is 442 g/mol. The van der Waals surface area contributed by atoms with Crippen molar-refractivity contribution in [2.75, 3.05) is 7.11 Å². The van der Waals surface area contributed by atoms with Gasteiger partial charge in [0.15, 0.2) is 17.2 Å². The van der Waals surface area contributed by atoms with Gasteiger partial charge in [-0.3, -0.25) is 9.69 Å². The van der Waals surface area contributed by atoms with Gasteiger partial charge in [-0.2, -0.15) is 0 Å². The Kier molecular flexibility index (Phi) is 5.06. The van der Waals surface area contributed by atoms with Gasteiger partial charge in [-0.25, -0.2) is 9.84 Å². The summed E-state index contributed by atoms with van der Waals surface area (Å²) in [4.78, 5) is 24.4. The zero-order valence-electron chi connectivity index (χ0n) is 19.5. The van der Waals surface area contributed by atoms with E-state index in [0.29, 0.717) is 11.6 Å². The number of hydrogen-bond acceptors (Lipinski definition) is 4. The van der Waals surface area contributed by atoms with E-state index in [1.165, 1.54) is 5.56 Å². The van der Waals surface area contributed by atoms with Gasteiger partial charge in [-0.15, -0.1) is 0 Å². The molecule has 0 bridgehead atoms. The number of nitrogens with zero attached hydrogens (tertiary/aromatic N) is 3. The Bertz CT molecular complexity index is 1190. The molecule has 2 aromatic rings. The highest BCUT2D eigenvalue weighted by Gasteiger charge is 2.66. The fourth-order valence-electron chi connectivity index (χ4n) is 6.27. The minimum Gasteiger partial charge on any atom is -0.381 e. The molecule has 1 unspecified atom stereocenters. The Morgan fingerprint density at radius 1 is 1.18 bits per heavy atom. The van der Waals surface area contributed by atoms with Gasteiger partial charge in [0.2, 0.25) is 0 Å². The molecule has 1 fully saturated rings. The number of guanidine groups is 1. The normalized spacial score (nSPS) is 28.5. The standard InChI is InChI=1S/C27H30N4O2/c1-17(2)31-24(32)27(30-25(31)28)23-15-19(18-6-5-7-21(14-18)29-3)8-9-20(23)16-26(27)12-10-22(33-4)11-13-26/h5-9,14-15,17,22H,10-13,16H2,1-2,4H3,(H2,28,30). The van der Waals surface area contributed by atoms with Crippen molar-refractivity contribution in [1.82, 2.24) is 4.90 Å². The predicted octanol–water partition coefficient (Wildman–Crippen LogP) is 4.80. The van der Waals surface area contributed by atoms with Crippen LogP contribution in [-0.4, -0.2) is 36.0 Å². The highest BCUT2D eigenvalue weighted by molar-refractivity contribution is 6.08. The Balaban J connectivity index is 1.68. The summed E-state index contributed by atoms with van der Waals surface area (Å²) in [6.45, 7) is 11.3. The lowest BCUT2D eigenvalue weighted by Gasteiger charge is -2.45. The van der Waals surface area contributed by atoms with Crippen molar-refractivity contribution in [3.05, 3.63) is 65.0 Å². The summed E-state index contributed by atoms with van der Waals surface area (Å²) in [5.74, 6) is 0.313. The van der Waals surface area contributed by atoms with E-state index in [-0.39, 0.29) is 23.5 Å². The smallest absolute Gasteiger partial charge is 0.262 e. The summed E-state index contributed by atoms with van der Waals surface area (Å²) in [5, 5.41) is 0. The minimum atomic E-state index is -0.997. The lowest BCUT2D eigenvalue weighted by molar-refractivity contribution is -0.139. The molecule has 2 aliphatic carbocycles. The molecule has 6 nitrogen and oxygen atoms in total. The van der Waals surface area contributed by atoms with Crippen LogP contribution in [0.2, 0.25) is 0 Å². The van der Waals surface area contributed by atoms with Crippen LogP contribution in [0.15, 0.2) is 47.5 Å². The summed E-state index contributed by atoms with van der Waals surface area (Å²) >= 11 is 0. The van der Waals surface area contributed by atoms with Crippen LogP contribution in [0, 0.1) is 12.0 Å². The number of rotatable bonds is 3. The van der Waals surface area contributed by atoms with E-state index in [9.17, 15) is 4.79 Å². The summed E-state index contributed by atoms with van der Waals surface area (Å²) in [7, 11) is 1.77. The molecule has 1 amide bonds. The molecule has 6 heteroatoms. The molecular weight excluding hydrogens is 412 g/mol. The van der Waals surface area contributed by atoms with E-state index in [1.54, 1.807) is 18.1 Å². The third-order valence-corrected chi connectivity index (χ3v) is 7.90. The van der Waals surface area contributed by atoms with E-state index in [4.69, 9.17) is 22.0 Å². The van der Waals surface area contributed by atoms with Crippen LogP contribution < -0.4 is 5.73 Å². The number of ether oxygens (including phenoxy) is 1. The zero-order chi connectivity index (χ0) is 23.4. The molecule has 0 saturated heterocycles. The number of hydrogen-bond donors (Lipinski definition) is 1. The second-order valence-corrected chi connectivity index (χ2v) is 9.88. The van der Waals surface area contributed by atoms with Gasteiger partial charge in [0.05, 0.1) is 12.7 Å². The SMILES string of the molecule is [C-]#[N+]c1cccc(-c2ccc3c(c2)C2(N=C(N)N(C(C)C)C2=O)C2(CCC(OC)CC2)C3)c1. The van der Waals surface area contributed by atoms with Crippen molar-refractivity contribution < 1.29 is 9.53 Å². The van der Waals surface area contributed by atoms with Gasteiger partial charge >= 0.3 is 0 Å². The van der Waals surface area contributed by atoms with Crippen molar-refractivity contribution in [3.8, 4) is 11.1 Å². The van der Waals surface area contributed by atoms with Gasteiger partial charge in [-0.1, -0.05) is 30.3 Å². The second kappa shape index (κ2) is 7.71. The van der Waals surface area contributed by atoms with Crippen LogP contribution in [0.3, 0.4) is 0 Å². The predicted molar refractivity (Wildman–Crippen MR) is 129 cm³/mol. The molecule has 2 aromatic carbocycles. The molecule has 1 heterocycles. The summed E-state index contributed by atoms with van der Waals surface area (Å²) < 4.78 is 5.65. The van der Waals surface area contributed by atoms with E-state index < -0.39 is 5.54 Å². The number of nitrogens with two attached hydrogens (primary N) is 1. The van der Waals surface area contributed by atoms with Crippen molar-refractivity contribution in [1.29, 1.82) is 0 Å². The molecular formula is C27H30N4O2. The van der Waals surface area contributed by atoms with E-state index >= 15 is 0 Å². The Morgan fingerprint density at radius 2 is 1.91 bits per heavy atom. The van der Waals surface area contributed by atoms with Gasteiger partial charge in [-0.05, 0) is 80.3 Å². The lowest BCUT2D eigenvalue weighted by Crippen LogP contribution is -2.53. The first-order valence-electron chi connectivity index (χ1n) is 11.7. The minimum absolute atomic E-state index is 0.00308. The van der Waals surface area contributed by atoms with Crippen LogP contribution in [0.1, 0.15) is 50.7 Å². The van der Waals surface area contributed by atoms with Crippen LogP contribution in [0.5, 0.6) is 0 Å². The summed E-state index contributed by atoms with van der Waals surface area (Å²) in [5.41, 5.74) is 9.82. The number of fused-ring (bicyclic) bond motifs is 3.